The standard InChI is InChI=1S/C21H27FO2/c1-7-24-20-11-18-17(10-16(20)14(4)19(22)12-23)15(13(2)3)8-9-21(18,5)6/h8,10-13H,7,9H2,1-6H3. The molecular formula is C21H27FO2. The van der Waals surface area contributed by atoms with E-state index in [1.54, 1.807) is 6.92 Å². The van der Waals surface area contributed by atoms with Gasteiger partial charge in [0, 0.05) is 5.56 Å². The van der Waals surface area contributed by atoms with Crippen LogP contribution in [0.5, 0.6) is 5.75 Å². The van der Waals surface area contributed by atoms with E-state index in [9.17, 15) is 9.18 Å². The molecule has 0 spiro atoms. The van der Waals surface area contributed by atoms with Gasteiger partial charge in [-0.1, -0.05) is 33.8 Å². The molecule has 0 radical (unpaired) electrons. The monoisotopic (exact) mass is 330 g/mol. The Balaban J connectivity index is 2.78. The molecule has 2 rings (SSSR count). The number of hydrogen-bond donors (Lipinski definition) is 0. The summed E-state index contributed by atoms with van der Waals surface area (Å²) in [4.78, 5) is 10.9. The molecule has 1 aliphatic rings. The molecule has 3 heteroatoms. The van der Waals surface area contributed by atoms with Crippen molar-refractivity contribution in [3.05, 3.63) is 40.7 Å². The van der Waals surface area contributed by atoms with Crippen molar-refractivity contribution in [1.82, 2.24) is 0 Å². The van der Waals surface area contributed by atoms with E-state index in [1.165, 1.54) is 11.1 Å². The summed E-state index contributed by atoms with van der Waals surface area (Å²) in [5, 5.41) is 0. The van der Waals surface area contributed by atoms with Gasteiger partial charge in [0.25, 0.3) is 0 Å². The zero-order valence-electron chi connectivity index (χ0n) is 15.5. The fourth-order valence-electron chi connectivity index (χ4n) is 3.30. The molecule has 130 valence electrons. The molecule has 0 atom stereocenters. The molecular weight excluding hydrogens is 303 g/mol. The van der Waals surface area contributed by atoms with Crippen LogP contribution in [0.25, 0.3) is 11.1 Å². The van der Waals surface area contributed by atoms with Gasteiger partial charge in [0.05, 0.1) is 6.61 Å². The SMILES string of the molecule is CCOc1cc2c(cc1C(C)=C(F)C=O)C(C(C)C)=CCC2(C)C. The maximum Gasteiger partial charge on any atom is 0.178 e. The lowest BCUT2D eigenvalue weighted by Gasteiger charge is -2.34. The Hall–Kier alpha value is -1.90. The van der Waals surface area contributed by atoms with Crippen LogP contribution in [-0.4, -0.2) is 12.9 Å². The molecule has 0 fully saturated rings. The van der Waals surface area contributed by atoms with Gasteiger partial charge >= 0.3 is 0 Å². The molecule has 0 aliphatic heterocycles. The number of fused-ring (bicyclic) bond motifs is 1. The van der Waals surface area contributed by atoms with Gasteiger partial charge in [-0.05, 0) is 66.0 Å². The first-order chi connectivity index (χ1) is 11.2. The highest BCUT2D eigenvalue weighted by molar-refractivity contribution is 5.88. The first kappa shape index (κ1) is 18.4. The summed E-state index contributed by atoms with van der Waals surface area (Å²) in [6, 6.07) is 4.02. The maximum atomic E-state index is 13.9. The van der Waals surface area contributed by atoms with E-state index in [1.807, 2.05) is 19.1 Å². The van der Waals surface area contributed by atoms with Crippen molar-refractivity contribution in [2.24, 2.45) is 5.92 Å². The molecule has 0 aromatic heterocycles. The van der Waals surface area contributed by atoms with Gasteiger partial charge in [-0.25, -0.2) is 4.39 Å². The highest BCUT2D eigenvalue weighted by Crippen LogP contribution is 2.45. The number of carbonyl (C=O) groups is 1. The smallest absolute Gasteiger partial charge is 0.178 e. The Morgan fingerprint density at radius 1 is 1.38 bits per heavy atom. The lowest BCUT2D eigenvalue weighted by molar-refractivity contribution is -0.106. The van der Waals surface area contributed by atoms with E-state index < -0.39 is 5.83 Å². The van der Waals surface area contributed by atoms with Gasteiger partial charge < -0.3 is 4.74 Å². The van der Waals surface area contributed by atoms with Gasteiger partial charge in [0.15, 0.2) is 12.1 Å². The molecule has 24 heavy (non-hydrogen) atoms. The predicted molar refractivity (Wildman–Crippen MR) is 97.8 cm³/mol. The molecule has 0 heterocycles. The Labute approximate surface area is 144 Å². The van der Waals surface area contributed by atoms with Gasteiger partial charge in [-0.2, -0.15) is 0 Å². The molecule has 2 nitrogen and oxygen atoms in total. The summed E-state index contributed by atoms with van der Waals surface area (Å²) in [6.45, 7) is 12.8. The van der Waals surface area contributed by atoms with Crippen LogP contribution < -0.4 is 4.74 Å². The minimum absolute atomic E-state index is 0.00106. The molecule has 0 N–H and O–H groups in total. The fourth-order valence-corrected chi connectivity index (χ4v) is 3.30. The number of rotatable bonds is 5. The average Bonchev–Trinajstić information content (AvgIpc) is 2.53. The van der Waals surface area contributed by atoms with Gasteiger partial charge in [-0.3, -0.25) is 4.79 Å². The third-order valence-corrected chi connectivity index (χ3v) is 4.78. The molecule has 0 amide bonds. The van der Waals surface area contributed by atoms with Crippen molar-refractivity contribution in [2.75, 3.05) is 6.61 Å². The Bertz CT molecular complexity index is 709. The zero-order chi connectivity index (χ0) is 18.1. The van der Waals surface area contributed by atoms with Crippen molar-refractivity contribution < 1.29 is 13.9 Å². The number of halogens is 1. The Morgan fingerprint density at radius 3 is 2.58 bits per heavy atom. The van der Waals surface area contributed by atoms with E-state index in [4.69, 9.17) is 4.74 Å². The number of ether oxygens (including phenoxy) is 1. The van der Waals surface area contributed by atoms with E-state index in [0.717, 1.165) is 12.0 Å². The minimum Gasteiger partial charge on any atom is -0.493 e. The van der Waals surface area contributed by atoms with Crippen molar-refractivity contribution in [3.63, 3.8) is 0 Å². The Kier molecular flexibility index (Phi) is 5.32. The summed E-state index contributed by atoms with van der Waals surface area (Å²) >= 11 is 0. The molecule has 0 unspecified atom stereocenters. The normalized spacial score (nSPS) is 17.1. The third kappa shape index (κ3) is 3.31. The van der Waals surface area contributed by atoms with Crippen LogP contribution in [0.15, 0.2) is 24.0 Å². The quantitative estimate of drug-likeness (QED) is 0.511. The maximum absolute atomic E-state index is 13.9. The van der Waals surface area contributed by atoms with E-state index >= 15 is 0 Å². The topological polar surface area (TPSA) is 26.3 Å². The van der Waals surface area contributed by atoms with Crippen LogP contribution in [0.2, 0.25) is 0 Å². The van der Waals surface area contributed by atoms with Crippen molar-refractivity contribution >= 4 is 17.4 Å². The summed E-state index contributed by atoms with van der Waals surface area (Å²) in [5.41, 5.74) is 4.61. The van der Waals surface area contributed by atoms with Crippen LogP contribution in [0.3, 0.4) is 0 Å². The lowest BCUT2D eigenvalue weighted by Crippen LogP contribution is -2.23. The molecule has 0 bridgehead atoms. The second kappa shape index (κ2) is 6.92. The largest absolute Gasteiger partial charge is 0.493 e. The Morgan fingerprint density at radius 2 is 2.04 bits per heavy atom. The third-order valence-electron chi connectivity index (χ3n) is 4.78. The number of hydrogen-bond acceptors (Lipinski definition) is 2. The molecule has 0 saturated heterocycles. The van der Waals surface area contributed by atoms with Crippen molar-refractivity contribution in [2.45, 2.75) is 53.4 Å². The molecule has 1 aliphatic carbocycles. The number of allylic oxidation sites excluding steroid dienone is 4. The summed E-state index contributed by atoms with van der Waals surface area (Å²) in [5.74, 6) is 0.274. The van der Waals surface area contributed by atoms with E-state index in [0.29, 0.717) is 29.4 Å². The van der Waals surface area contributed by atoms with Crippen LogP contribution in [-0.2, 0) is 10.2 Å². The van der Waals surface area contributed by atoms with E-state index in [2.05, 4.69) is 33.8 Å². The minimum atomic E-state index is -0.749. The molecule has 1 aromatic rings. The van der Waals surface area contributed by atoms with Gasteiger partial charge in [-0.15, -0.1) is 0 Å². The first-order valence-corrected chi connectivity index (χ1v) is 8.56. The number of benzene rings is 1. The second-order valence-electron chi connectivity index (χ2n) is 7.32. The van der Waals surface area contributed by atoms with Crippen molar-refractivity contribution in [3.8, 4) is 5.75 Å². The first-order valence-electron chi connectivity index (χ1n) is 8.56. The molecule has 0 saturated carbocycles. The van der Waals surface area contributed by atoms with Gasteiger partial charge in [0.1, 0.15) is 5.75 Å². The molecule has 1 aromatic carbocycles. The van der Waals surface area contributed by atoms with Gasteiger partial charge in [0.2, 0.25) is 0 Å². The summed E-state index contributed by atoms with van der Waals surface area (Å²) in [7, 11) is 0. The van der Waals surface area contributed by atoms with Crippen molar-refractivity contribution in [1.29, 1.82) is 0 Å². The number of carbonyl (C=O) groups excluding carboxylic acids is 1. The van der Waals surface area contributed by atoms with Crippen LogP contribution in [0.4, 0.5) is 4.39 Å². The summed E-state index contributed by atoms with van der Waals surface area (Å²) < 4.78 is 19.7. The number of aldehydes is 1. The highest BCUT2D eigenvalue weighted by Gasteiger charge is 2.31. The zero-order valence-corrected chi connectivity index (χ0v) is 15.5. The highest BCUT2D eigenvalue weighted by atomic mass is 19.1. The van der Waals surface area contributed by atoms with E-state index in [-0.39, 0.29) is 11.7 Å². The van der Waals surface area contributed by atoms with Crippen LogP contribution >= 0.6 is 0 Å². The lowest BCUT2D eigenvalue weighted by atomic mass is 9.71. The van der Waals surface area contributed by atoms with Crippen LogP contribution in [0, 0.1) is 5.92 Å². The predicted octanol–water partition coefficient (Wildman–Crippen LogP) is 5.71. The average molecular weight is 330 g/mol. The second-order valence-corrected chi connectivity index (χ2v) is 7.32. The summed E-state index contributed by atoms with van der Waals surface area (Å²) in [6.07, 6.45) is 3.51. The fraction of sp³-hybridized carbons (Fsp3) is 0.476. The van der Waals surface area contributed by atoms with Crippen LogP contribution in [0.1, 0.15) is 64.7 Å².